The van der Waals surface area contributed by atoms with Crippen molar-refractivity contribution >= 4 is 23.2 Å². The van der Waals surface area contributed by atoms with Crippen LogP contribution in [-0.4, -0.2) is 81.8 Å². The highest BCUT2D eigenvalue weighted by molar-refractivity contribution is 7.11. The first-order valence-electron chi connectivity index (χ1n) is 10.7. The van der Waals surface area contributed by atoms with E-state index in [4.69, 9.17) is 4.74 Å². The quantitative estimate of drug-likeness (QED) is 0.574. The van der Waals surface area contributed by atoms with Gasteiger partial charge in [-0.05, 0) is 24.3 Å². The number of pyridine rings is 1. The number of amides is 2. The molecule has 3 aromatic rings. The lowest BCUT2D eigenvalue weighted by Gasteiger charge is -2.48. The number of rotatable bonds is 5. The van der Waals surface area contributed by atoms with Crippen LogP contribution in [0.2, 0.25) is 0 Å². The summed E-state index contributed by atoms with van der Waals surface area (Å²) in [5, 5.41) is 2.32. The van der Waals surface area contributed by atoms with Gasteiger partial charge in [0.15, 0.2) is 16.6 Å². The van der Waals surface area contributed by atoms with E-state index < -0.39 is 5.82 Å². The van der Waals surface area contributed by atoms with Crippen molar-refractivity contribution in [2.75, 3.05) is 39.3 Å². The summed E-state index contributed by atoms with van der Waals surface area (Å²) in [5.74, 6) is -0.518. The Kier molecular flexibility index (Phi) is 6.01. The number of carbonyl (C=O) groups is 2. The number of nitrogens with zero attached hydrogens (tertiary/aromatic N) is 5. The van der Waals surface area contributed by atoms with Crippen LogP contribution >= 0.6 is 11.3 Å². The van der Waals surface area contributed by atoms with Crippen molar-refractivity contribution in [1.29, 1.82) is 0 Å². The molecule has 2 fully saturated rings. The topological polar surface area (TPSA) is 78.9 Å². The number of thiazole rings is 1. The Morgan fingerprint density at radius 2 is 1.79 bits per heavy atom. The number of piperazine rings is 1. The van der Waals surface area contributed by atoms with Gasteiger partial charge < -0.3 is 14.5 Å². The lowest BCUT2D eigenvalue weighted by molar-refractivity contribution is 0.00851. The second kappa shape index (κ2) is 9.24. The van der Waals surface area contributed by atoms with Crippen molar-refractivity contribution in [3.05, 3.63) is 70.6 Å². The van der Waals surface area contributed by atoms with Gasteiger partial charge in [0.2, 0.25) is 5.88 Å². The van der Waals surface area contributed by atoms with Crippen molar-refractivity contribution < 1.29 is 18.7 Å². The maximum Gasteiger partial charge on any atom is 0.282 e. The van der Waals surface area contributed by atoms with Crippen molar-refractivity contribution in [2.45, 2.75) is 6.04 Å². The van der Waals surface area contributed by atoms with E-state index in [0.29, 0.717) is 31.2 Å². The molecule has 2 amide bonds. The smallest absolute Gasteiger partial charge is 0.282 e. The van der Waals surface area contributed by atoms with Crippen LogP contribution in [0.4, 0.5) is 4.39 Å². The van der Waals surface area contributed by atoms with Gasteiger partial charge in [-0.1, -0.05) is 6.07 Å². The van der Waals surface area contributed by atoms with Crippen LogP contribution in [0.1, 0.15) is 20.2 Å². The van der Waals surface area contributed by atoms with E-state index in [1.165, 1.54) is 23.5 Å². The predicted octanol–water partition coefficient (Wildman–Crippen LogP) is 2.75. The molecule has 2 aliphatic rings. The van der Waals surface area contributed by atoms with E-state index in [1.54, 1.807) is 46.9 Å². The molecule has 170 valence electrons. The number of benzene rings is 1. The highest BCUT2D eigenvalue weighted by atomic mass is 32.1. The summed E-state index contributed by atoms with van der Waals surface area (Å²) in [7, 11) is 0. The van der Waals surface area contributed by atoms with Crippen LogP contribution in [0, 0.1) is 5.82 Å². The first-order chi connectivity index (χ1) is 16.1. The number of carbonyl (C=O) groups excluding carboxylic acids is 2. The van der Waals surface area contributed by atoms with Gasteiger partial charge in [-0.25, -0.2) is 14.4 Å². The number of hydrogen-bond acceptors (Lipinski definition) is 7. The standard InChI is InChI=1S/C23H22FN5O3S/c24-18-13-16(4-5-19(18)32-20-3-1-2-6-25-20)22(30)29-14-17(15-29)27-8-10-28(11-9-27)23(31)21-26-7-12-33-21/h1-7,12-13,17H,8-11,14-15H2. The summed E-state index contributed by atoms with van der Waals surface area (Å²) in [6.07, 6.45) is 3.20. The third-order valence-electron chi connectivity index (χ3n) is 5.91. The lowest BCUT2D eigenvalue weighted by Crippen LogP contribution is -2.64. The van der Waals surface area contributed by atoms with Crippen LogP contribution in [-0.2, 0) is 0 Å². The Labute approximate surface area is 194 Å². The molecule has 0 aliphatic carbocycles. The Morgan fingerprint density at radius 3 is 2.45 bits per heavy atom. The zero-order chi connectivity index (χ0) is 22.8. The fourth-order valence-corrected chi connectivity index (χ4v) is 4.63. The largest absolute Gasteiger partial charge is 0.436 e. The first kappa shape index (κ1) is 21.5. The van der Waals surface area contributed by atoms with Crippen LogP contribution in [0.3, 0.4) is 0 Å². The number of ether oxygens (including phenoxy) is 1. The number of hydrogen-bond donors (Lipinski definition) is 0. The number of aromatic nitrogens is 2. The van der Waals surface area contributed by atoms with Gasteiger partial charge in [0.25, 0.3) is 11.8 Å². The van der Waals surface area contributed by atoms with Crippen molar-refractivity contribution in [3.63, 3.8) is 0 Å². The SMILES string of the molecule is O=C(c1ccc(Oc2ccccn2)c(F)c1)N1CC(N2CCN(C(=O)c3nccs3)CC2)C1. The first-order valence-corrected chi connectivity index (χ1v) is 11.6. The second-order valence-electron chi connectivity index (χ2n) is 7.94. The molecule has 8 nitrogen and oxygen atoms in total. The molecule has 0 bridgehead atoms. The molecule has 1 aromatic carbocycles. The molecule has 33 heavy (non-hydrogen) atoms. The molecule has 10 heteroatoms. The molecular weight excluding hydrogens is 445 g/mol. The summed E-state index contributed by atoms with van der Waals surface area (Å²) >= 11 is 1.35. The summed E-state index contributed by atoms with van der Waals surface area (Å²) in [5.41, 5.74) is 0.290. The maximum atomic E-state index is 14.5. The van der Waals surface area contributed by atoms with Crippen LogP contribution in [0.15, 0.2) is 54.2 Å². The molecule has 0 spiro atoms. The maximum absolute atomic E-state index is 14.5. The Hall–Kier alpha value is -3.37. The molecule has 0 N–H and O–H groups in total. The number of halogens is 1. The van der Waals surface area contributed by atoms with Gasteiger partial charge in [-0.3, -0.25) is 14.5 Å². The molecular formula is C23H22FN5O3S. The van der Waals surface area contributed by atoms with Gasteiger partial charge in [0, 0.05) is 74.7 Å². The Bertz CT molecular complexity index is 1130. The zero-order valence-electron chi connectivity index (χ0n) is 17.8. The summed E-state index contributed by atoms with van der Waals surface area (Å²) in [6, 6.07) is 9.60. The Balaban J connectivity index is 1.12. The van der Waals surface area contributed by atoms with E-state index in [1.807, 2.05) is 4.90 Å². The normalized spacial score (nSPS) is 17.0. The minimum absolute atomic E-state index is 0.0208. The van der Waals surface area contributed by atoms with E-state index in [0.717, 1.165) is 13.1 Å². The molecule has 2 saturated heterocycles. The molecule has 0 radical (unpaired) electrons. The predicted molar refractivity (Wildman–Crippen MR) is 120 cm³/mol. The van der Waals surface area contributed by atoms with Crippen LogP contribution in [0.25, 0.3) is 0 Å². The van der Waals surface area contributed by atoms with Gasteiger partial charge in [-0.15, -0.1) is 11.3 Å². The second-order valence-corrected chi connectivity index (χ2v) is 8.84. The highest BCUT2D eigenvalue weighted by Gasteiger charge is 2.37. The highest BCUT2D eigenvalue weighted by Crippen LogP contribution is 2.26. The third kappa shape index (κ3) is 4.57. The minimum Gasteiger partial charge on any atom is -0.436 e. The third-order valence-corrected chi connectivity index (χ3v) is 6.67. The molecule has 2 aromatic heterocycles. The van der Waals surface area contributed by atoms with Crippen LogP contribution in [0.5, 0.6) is 11.6 Å². The zero-order valence-corrected chi connectivity index (χ0v) is 18.6. The molecule has 4 heterocycles. The van der Waals surface area contributed by atoms with Gasteiger partial charge in [0.05, 0.1) is 0 Å². The molecule has 0 saturated carbocycles. The van der Waals surface area contributed by atoms with Crippen molar-refractivity contribution in [2.24, 2.45) is 0 Å². The monoisotopic (exact) mass is 467 g/mol. The summed E-state index contributed by atoms with van der Waals surface area (Å²) < 4.78 is 19.9. The lowest BCUT2D eigenvalue weighted by atomic mass is 10.0. The average molecular weight is 468 g/mol. The minimum atomic E-state index is -0.607. The van der Waals surface area contributed by atoms with Gasteiger partial charge in [0.1, 0.15) is 0 Å². The Morgan fingerprint density at radius 1 is 0.970 bits per heavy atom. The summed E-state index contributed by atoms with van der Waals surface area (Å²) in [6.45, 7) is 3.99. The van der Waals surface area contributed by atoms with Crippen LogP contribution < -0.4 is 4.74 Å². The van der Waals surface area contributed by atoms with E-state index in [-0.39, 0.29) is 35.0 Å². The average Bonchev–Trinajstić information content (AvgIpc) is 3.35. The van der Waals surface area contributed by atoms with E-state index >= 15 is 0 Å². The van der Waals surface area contributed by atoms with Crippen molar-refractivity contribution in [1.82, 2.24) is 24.7 Å². The van der Waals surface area contributed by atoms with Crippen molar-refractivity contribution in [3.8, 4) is 11.6 Å². The molecule has 0 atom stereocenters. The van der Waals surface area contributed by atoms with Gasteiger partial charge >= 0.3 is 0 Å². The fraction of sp³-hybridized carbons (Fsp3) is 0.304. The molecule has 5 rings (SSSR count). The number of likely N-dealkylation sites (tertiary alicyclic amines) is 1. The molecule has 2 aliphatic heterocycles. The van der Waals surface area contributed by atoms with Gasteiger partial charge in [-0.2, -0.15) is 0 Å². The van der Waals surface area contributed by atoms with E-state index in [2.05, 4.69) is 14.9 Å². The summed E-state index contributed by atoms with van der Waals surface area (Å²) in [4.78, 5) is 39.2. The van der Waals surface area contributed by atoms with E-state index in [9.17, 15) is 14.0 Å². The fourth-order valence-electron chi connectivity index (χ4n) is 4.03. The molecule has 0 unspecified atom stereocenters.